The van der Waals surface area contributed by atoms with Gasteiger partial charge in [0, 0.05) is 18.7 Å². The van der Waals surface area contributed by atoms with Crippen LogP contribution >= 0.6 is 0 Å². The number of nitrogens with one attached hydrogen (secondary N) is 1. The molecule has 3 nitrogen and oxygen atoms in total. The summed E-state index contributed by atoms with van der Waals surface area (Å²) in [6.07, 6.45) is 5.75. The van der Waals surface area contributed by atoms with Crippen molar-refractivity contribution in [3.63, 3.8) is 0 Å². The first-order valence-electron chi connectivity index (χ1n) is 5.83. The lowest BCUT2D eigenvalue weighted by molar-refractivity contribution is 0.0694. The lowest BCUT2D eigenvalue weighted by atomic mass is 9.91. The predicted octanol–water partition coefficient (Wildman–Crippen LogP) is 1.06. The number of aliphatic hydroxyl groups is 1. The second kappa shape index (κ2) is 4.60. The molecular formula is C11H21NO2. The van der Waals surface area contributed by atoms with Gasteiger partial charge in [-0.2, -0.15) is 0 Å². The van der Waals surface area contributed by atoms with Gasteiger partial charge >= 0.3 is 0 Å². The van der Waals surface area contributed by atoms with E-state index in [2.05, 4.69) is 12.2 Å². The summed E-state index contributed by atoms with van der Waals surface area (Å²) in [5.74, 6) is 0. The lowest BCUT2D eigenvalue weighted by Gasteiger charge is -2.31. The van der Waals surface area contributed by atoms with E-state index in [0.717, 1.165) is 25.9 Å². The Morgan fingerprint density at radius 1 is 1.14 bits per heavy atom. The van der Waals surface area contributed by atoms with E-state index in [-0.39, 0.29) is 6.10 Å². The van der Waals surface area contributed by atoms with Crippen LogP contribution in [0.5, 0.6) is 0 Å². The van der Waals surface area contributed by atoms with Crippen LogP contribution < -0.4 is 5.32 Å². The van der Waals surface area contributed by atoms with E-state index in [9.17, 15) is 5.11 Å². The normalized spacial score (nSPS) is 44.1. The monoisotopic (exact) mass is 199 g/mol. The van der Waals surface area contributed by atoms with Gasteiger partial charge in [0.1, 0.15) is 0 Å². The number of hydrogen-bond donors (Lipinski definition) is 2. The van der Waals surface area contributed by atoms with E-state index in [1.807, 2.05) is 0 Å². The SMILES string of the molecule is C[C@H]1OCC[C@H]1N[C@@H]1CCCC[C@@H]1O. The maximum absolute atomic E-state index is 9.81. The van der Waals surface area contributed by atoms with Gasteiger partial charge in [0.15, 0.2) is 0 Å². The van der Waals surface area contributed by atoms with Crippen LogP contribution in [-0.2, 0) is 4.74 Å². The van der Waals surface area contributed by atoms with Crippen LogP contribution in [0.3, 0.4) is 0 Å². The molecule has 1 saturated heterocycles. The van der Waals surface area contributed by atoms with Gasteiger partial charge in [-0.05, 0) is 26.2 Å². The molecule has 2 aliphatic rings. The molecule has 0 aromatic heterocycles. The molecule has 0 spiro atoms. The molecule has 0 aromatic carbocycles. The van der Waals surface area contributed by atoms with Gasteiger partial charge in [0.25, 0.3) is 0 Å². The maximum Gasteiger partial charge on any atom is 0.0700 e. The van der Waals surface area contributed by atoms with Crippen LogP contribution in [0.1, 0.15) is 39.0 Å². The van der Waals surface area contributed by atoms with Crippen molar-refractivity contribution in [2.45, 2.75) is 63.3 Å². The molecule has 14 heavy (non-hydrogen) atoms. The van der Waals surface area contributed by atoms with Crippen molar-refractivity contribution in [1.29, 1.82) is 0 Å². The Kier molecular flexibility index (Phi) is 3.42. The second-order valence-electron chi connectivity index (χ2n) is 4.60. The van der Waals surface area contributed by atoms with E-state index in [0.29, 0.717) is 18.2 Å². The molecule has 1 aliphatic carbocycles. The standard InChI is InChI=1S/C11H21NO2/c1-8-9(6-7-14-8)12-10-4-2-3-5-11(10)13/h8-13H,2-7H2,1H3/t8-,9-,10-,11+/m1/s1. The van der Waals surface area contributed by atoms with Crippen molar-refractivity contribution in [3.8, 4) is 0 Å². The summed E-state index contributed by atoms with van der Waals surface area (Å²) in [6, 6.07) is 0.755. The Morgan fingerprint density at radius 3 is 2.57 bits per heavy atom. The number of aliphatic hydroxyl groups excluding tert-OH is 1. The molecule has 2 N–H and O–H groups in total. The van der Waals surface area contributed by atoms with E-state index in [1.165, 1.54) is 12.8 Å². The highest BCUT2D eigenvalue weighted by Gasteiger charge is 2.30. The third kappa shape index (κ3) is 2.27. The van der Waals surface area contributed by atoms with Gasteiger partial charge in [-0.15, -0.1) is 0 Å². The topological polar surface area (TPSA) is 41.5 Å². The highest BCUT2D eigenvalue weighted by Crippen LogP contribution is 2.21. The summed E-state index contributed by atoms with van der Waals surface area (Å²) in [5, 5.41) is 13.4. The average molecular weight is 199 g/mol. The highest BCUT2D eigenvalue weighted by molar-refractivity contribution is 4.87. The Bertz CT molecular complexity index is 186. The van der Waals surface area contributed by atoms with Crippen LogP contribution in [-0.4, -0.2) is 36.0 Å². The van der Waals surface area contributed by atoms with Crippen LogP contribution in [0.15, 0.2) is 0 Å². The molecule has 1 saturated carbocycles. The predicted molar refractivity (Wildman–Crippen MR) is 55.2 cm³/mol. The highest BCUT2D eigenvalue weighted by atomic mass is 16.5. The molecule has 0 bridgehead atoms. The van der Waals surface area contributed by atoms with Crippen LogP contribution in [0.25, 0.3) is 0 Å². The van der Waals surface area contributed by atoms with Crippen molar-refractivity contribution in [1.82, 2.24) is 5.32 Å². The zero-order valence-electron chi connectivity index (χ0n) is 8.91. The van der Waals surface area contributed by atoms with Crippen molar-refractivity contribution in [3.05, 3.63) is 0 Å². The average Bonchev–Trinajstić information content (AvgIpc) is 2.56. The van der Waals surface area contributed by atoms with Gasteiger partial charge in [0.2, 0.25) is 0 Å². The van der Waals surface area contributed by atoms with E-state index < -0.39 is 0 Å². The van der Waals surface area contributed by atoms with E-state index in [4.69, 9.17) is 4.74 Å². The number of ether oxygens (including phenoxy) is 1. The molecule has 1 heterocycles. The summed E-state index contributed by atoms with van der Waals surface area (Å²) in [4.78, 5) is 0. The Hall–Kier alpha value is -0.120. The smallest absolute Gasteiger partial charge is 0.0700 e. The minimum atomic E-state index is -0.142. The van der Waals surface area contributed by atoms with Gasteiger partial charge in [0.05, 0.1) is 12.2 Å². The summed E-state index contributed by atoms with van der Waals surface area (Å²) >= 11 is 0. The van der Waals surface area contributed by atoms with Crippen molar-refractivity contribution in [2.75, 3.05) is 6.61 Å². The van der Waals surface area contributed by atoms with Gasteiger partial charge in [-0.3, -0.25) is 0 Å². The fourth-order valence-corrected chi connectivity index (χ4v) is 2.53. The second-order valence-corrected chi connectivity index (χ2v) is 4.60. The minimum absolute atomic E-state index is 0.142. The molecule has 82 valence electrons. The first-order valence-corrected chi connectivity index (χ1v) is 5.83. The van der Waals surface area contributed by atoms with Gasteiger partial charge < -0.3 is 15.2 Å². The summed E-state index contributed by atoms with van der Waals surface area (Å²) in [5.41, 5.74) is 0. The number of hydrogen-bond acceptors (Lipinski definition) is 3. The number of rotatable bonds is 2. The van der Waals surface area contributed by atoms with Crippen molar-refractivity contribution >= 4 is 0 Å². The minimum Gasteiger partial charge on any atom is -0.392 e. The fourth-order valence-electron chi connectivity index (χ4n) is 2.53. The Morgan fingerprint density at radius 2 is 1.93 bits per heavy atom. The molecular weight excluding hydrogens is 178 g/mol. The fraction of sp³-hybridized carbons (Fsp3) is 1.00. The lowest BCUT2D eigenvalue weighted by Crippen LogP contribution is -2.49. The van der Waals surface area contributed by atoms with Crippen LogP contribution in [0.4, 0.5) is 0 Å². The van der Waals surface area contributed by atoms with E-state index in [1.54, 1.807) is 0 Å². The van der Waals surface area contributed by atoms with Gasteiger partial charge in [-0.1, -0.05) is 12.8 Å². The third-order valence-electron chi connectivity index (χ3n) is 3.53. The van der Waals surface area contributed by atoms with Crippen LogP contribution in [0.2, 0.25) is 0 Å². The quantitative estimate of drug-likeness (QED) is 0.698. The Labute approximate surface area is 85.8 Å². The summed E-state index contributed by atoms with van der Waals surface area (Å²) in [6.45, 7) is 2.97. The first-order chi connectivity index (χ1) is 6.77. The molecule has 0 aromatic rings. The van der Waals surface area contributed by atoms with Crippen molar-refractivity contribution < 1.29 is 9.84 Å². The maximum atomic E-state index is 9.81. The summed E-state index contributed by atoms with van der Waals surface area (Å²) < 4.78 is 5.50. The van der Waals surface area contributed by atoms with Crippen molar-refractivity contribution in [2.24, 2.45) is 0 Å². The third-order valence-corrected chi connectivity index (χ3v) is 3.53. The first kappa shape index (κ1) is 10.4. The molecule has 1 aliphatic heterocycles. The zero-order valence-corrected chi connectivity index (χ0v) is 8.91. The molecule has 2 rings (SSSR count). The largest absolute Gasteiger partial charge is 0.392 e. The molecule has 0 radical (unpaired) electrons. The van der Waals surface area contributed by atoms with E-state index >= 15 is 0 Å². The van der Waals surface area contributed by atoms with Gasteiger partial charge in [-0.25, -0.2) is 0 Å². The molecule has 0 amide bonds. The molecule has 2 fully saturated rings. The Balaban J connectivity index is 1.83. The van der Waals surface area contributed by atoms with Crippen LogP contribution in [0, 0.1) is 0 Å². The molecule has 3 heteroatoms. The summed E-state index contributed by atoms with van der Waals surface area (Å²) in [7, 11) is 0. The molecule has 4 atom stereocenters. The zero-order chi connectivity index (χ0) is 9.97. The molecule has 0 unspecified atom stereocenters.